The summed E-state index contributed by atoms with van der Waals surface area (Å²) in [7, 11) is 0. The molecule has 11 nitrogen and oxygen atoms in total. The molecule has 2 amide bonds. The van der Waals surface area contributed by atoms with Crippen LogP contribution in [-0.2, 0) is 9.53 Å². The minimum absolute atomic E-state index is 0.00591. The van der Waals surface area contributed by atoms with Gasteiger partial charge in [0, 0.05) is 35.1 Å². The van der Waals surface area contributed by atoms with Crippen molar-refractivity contribution < 1.29 is 14.3 Å². The van der Waals surface area contributed by atoms with E-state index in [2.05, 4.69) is 25.3 Å². The Morgan fingerprint density at radius 1 is 1.20 bits per heavy atom. The van der Waals surface area contributed by atoms with Crippen LogP contribution in [0.25, 0.3) is 28.2 Å². The average Bonchev–Trinajstić information content (AvgIpc) is 3.43. The molecule has 0 spiro atoms. The highest BCUT2D eigenvalue weighted by atomic mass is 16.5. The Labute approximate surface area is 255 Å². The first-order valence-corrected chi connectivity index (χ1v) is 14.9. The van der Waals surface area contributed by atoms with Gasteiger partial charge in [-0.1, -0.05) is 24.3 Å². The normalized spacial score (nSPS) is 21.4. The van der Waals surface area contributed by atoms with Crippen molar-refractivity contribution in [1.82, 2.24) is 25.1 Å². The van der Waals surface area contributed by atoms with Crippen LogP contribution in [-0.4, -0.2) is 50.3 Å². The second-order valence-electron chi connectivity index (χ2n) is 11.4. The Balaban J connectivity index is 1.37. The van der Waals surface area contributed by atoms with Gasteiger partial charge in [-0.15, -0.1) is 0 Å². The van der Waals surface area contributed by atoms with Crippen LogP contribution in [0.4, 0.5) is 11.6 Å². The lowest BCUT2D eigenvalue weighted by Gasteiger charge is -2.31. The van der Waals surface area contributed by atoms with Crippen molar-refractivity contribution in [3.8, 4) is 17.3 Å². The molecule has 11 heteroatoms. The molecule has 1 saturated carbocycles. The maximum Gasteiger partial charge on any atom is 0.256 e. The fourth-order valence-corrected chi connectivity index (χ4v) is 6.01. The molecule has 4 heterocycles. The Morgan fingerprint density at radius 3 is 2.86 bits per heavy atom. The van der Waals surface area contributed by atoms with Gasteiger partial charge >= 0.3 is 0 Å². The molecule has 0 saturated heterocycles. The number of ether oxygens (including phenoxy) is 1. The molecule has 6 rings (SSSR count). The zero-order valence-electron chi connectivity index (χ0n) is 24.5. The van der Waals surface area contributed by atoms with Crippen LogP contribution in [0.2, 0.25) is 0 Å². The van der Waals surface area contributed by atoms with Crippen molar-refractivity contribution in [3.05, 3.63) is 71.6 Å². The molecule has 2 aliphatic rings. The molecule has 4 N–H and O–H groups in total. The summed E-state index contributed by atoms with van der Waals surface area (Å²) in [5, 5.41) is 21.0. The Kier molecular flexibility index (Phi) is 8.34. The van der Waals surface area contributed by atoms with E-state index in [0.29, 0.717) is 47.9 Å². The van der Waals surface area contributed by atoms with Crippen LogP contribution < -0.4 is 16.4 Å². The summed E-state index contributed by atoms with van der Waals surface area (Å²) in [6.45, 7) is 2.44. The Bertz CT molecular complexity index is 1770. The number of hydrogen-bond donors (Lipinski definition) is 3. The second-order valence-corrected chi connectivity index (χ2v) is 11.4. The third kappa shape index (κ3) is 6.16. The number of nitrogens with one attached hydrogen (secondary N) is 2. The summed E-state index contributed by atoms with van der Waals surface area (Å²) in [4.78, 5) is 34.3. The molecule has 3 aromatic heterocycles. The van der Waals surface area contributed by atoms with Crippen molar-refractivity contribution in [2.24, 2.45) is 0 Å². The number of anilines is 2. The average molecular weight is 591 g/mol. The molecule has 1 aromatic carbocycles. The van der Waals surface area contributed by atoms with Crippen molar-refractivity contribution >= 4 is 40.4 Å². The highest BCUT2D eigenvalue weighted by molar-refractivity contribution is 6.06. The van der Waals surface area contributed by atoms with Crippen molar-refractivity contribution in [3.63, 3.8) is 0 Å². The van der Waals surface area contributed by atoms with Crippen molar-refractivity contribution in [1.29, 1.82) is 5.26 Å². The molecule has 0 unspecified atom stereocenters. The summed E-state index contributed by atoms with van der Waals surface area (Å²) in [5.74, 6) is 0.340. The van der Waals surface area contributed by atoms with E-state index in [-0.39, 0.29) is 30.0 Å². The third-order valence-electron chi connectivity index (χ3n) is 8.15. The third-order valence-corrected chi connectivity index (χ3v) is 8.15. The monoisotopic (exact) mass is 590 g/mol. The fraction of sp³-hybridized carbons (Fsp3) is 0.333. The molecule has 1 aliphatic heterocycles. The number of nitriles is 1. The van der Waals surface area contributed by atoms with Crippen LogP contribution >= 0.6 is 0 Å². The van der Waals surface area contributed by atoms with Gasteiger partial charge < -0.3 is 21.1 Å². The van der Waals surface area contributed by atoms with Gasteiger partial charge in [0.2, 0.25) is 5.91 Å². The van der Waals surface area contributed by atoms with Gasteiger partial charge in [-0.3, -0.25) is 14.3 Å². The summed E-state index contributed by atoms with van der Waals surface area (Å²) in [6.07, 6.45) is 11.8. The molecule has 1 aliphatic carbocycles. The number of nitrogen functional groups attached to an aromatic ring is 1. The summed E-state index contributed by atoms with van der Waals surface area (Å²) in [5.41, 5.74) is 10.6. The quantitative estimate of drug-likeness (QED) is 0.300. The maximum atomic E-state index is 12.9. The van der Waals surface area contributed by atoms with Crippen molar-refractivity contribution in [2.75, 3.05) is 17.7 Å². The van der Waals surface area contributed by atoms with Gasteiger partial charge in [-0.05, 0) is 63.3 Å². The standard InChI is InChI=1S/C33H34N8O3/c1-20-15-28(42)38-25-6-4-7-26(17-25)41-31-24(5-2-3-14-44-20)19-37-32(35)29(31)30(40-41)22-8-10-23(11-9-22)33(43)39-27-16-21(18-34)12-13-36-27/h2,5,8-13,16,19-20,25-26H,3-4,6-7,14-15,17H2,1H3,(H2,35,37)(H,38,42)(H,36,39,43)/b5-2+/t20-,25+,26+/m0/s1. The number of benzene rings is 1. The van der Waals surface area contributed by atoms with Gasteiger partial charge in [0.25, 0.3) is 5.91 Å². The topological polar surface area (TPSA) is 161 Å². The van der Waals surface area contributed by atoms with Gasteiger partial charge in [0.05, 0.1) is 47.7 Å². The second kappa shape index (κ2) is 12.7. The van der Waals surface area contributed by atoms with Crippen molar-refractivity contribution in [2.45, 2.75) is 63.6 Å². The predicted octanol–water partition coefficient (Wildman–Crippen LogP) is 5.01. The minimum Gasteiger partial charge on any atom is -0.383 e. The lowest BCUT2D eigenvalue weighted by atomic mass is 9.90. The molecule has 3 atom stereocenters. The van der Waals surface area contributed by atoms with Gasteiger partial charge in [-0.25, -0.2) is 9.97 Å². The number of aromatic nitrogens is 4. The molecule has 2 bridgehead atoms. The van der Waals surface area contributed by atoms with Gasteiger partial charge in [0.1, 0.15) is 17.3 Å². The number of carbonyl (C=O) groups excluding carboxylic acids is 2. The molecule has 44 heavy (non-hydrogen) atoms. The Morgan fingerprint density at radius 2 is 2.05 bits per heavy atom. The number of pyridine rings is 2. The van der Waals surface area contributed by atoms with E-state index in [9.17, 15) is 9.59 Å². The SMILES string of the molecule is C[C@H]1CC(=O)N[C@@H]2CCC[C@H](C2)n2nc(-c3ccc(C(=O)Nc4cc(C#N)ccn4)cc3)c3c(N)ncc(c32)/C=C/CCO1. The maximum absolute atomic E-state index is 12.9. The molecule has 1 fully saturated rings. The lowest BCUT2D eigenvalue weighted by molar-refractivity contribution is -0.124. The highest BCUT2D eigenvalue weighted by Gasteiger charge is 2.29. The van der Waals surface area contributed by atoms with Gasteiger partial charge in [-0.2, -0.15) is 10.4 Å². The molecular formula is C33H34N8O3. The zero-order chi connectivity index (χ0) is 30.6. The van der Waals surface area contributed by atoms with E-state index in [1.54, 1.807) is 24.4 Å². The predicted molar refractivity (Wildman–Crippen MR) is 167 cm³/mol. The van der Waals surface area contributed by atoms with E-state index in [1.807, 2.05) is 37.3 Å². The van der Waals surface area contributed by atoms with E-state index in [1.165, 1.54) is 12.3 Å². The number of fused-ring (bicyclic) bond motifs is 3. The van der Waals surface area contributed by atoms with Crippen LogP contribution in [0.5, 0.6) is 0 Å². The molecule has 0 radical (unpaired) electrons. The first kappa shape index (κ1) is 29.0. The van der Waals surface area contributed by atoms with E-state index < -0.39 is 0 Å². The van der Waals surface area contributed by atoms with Crippen LogP contribution in [0.3, 0.4) is 0 Å². The fourth-order valence-electron chi connectivity index (χ4n) is 6.01. The summed E-state index contributed by atoms with van der Waals surface area (Å²) < 4.78 is 7.94. The molecular weight excluding hydrogens is 556 g/mol. The number of rotatable bonds is 3. The zero-order valence-corrected chi connectivity index (χ0v) is 24.5. The first-order valence-electron chi connectivity index (χ1n) is 14.9. The van der Waals surface area contributed by atoms with Gasteiger partial charge in [0.15, 0.2) is 0 Å². The number of nitrogens with zero attached hydrogens (tertiary/aromatic N) is 5. The van der Waals surface area contributed by atoms with Crippen LogP contribution in [0.1, 0.15) is 73.0 Å². The highest BCUT2D eigenvalue weighted by Crippen LogP contribution is 2.39. The number of carbonyl (C=O) groups is 2. The number of nitrogens with two attached hydrogens (primary N) is 1. The van der Waals surface area contributed by atoms with E-state index in [0.717, 1.165) is 47.7 Å². The lowest BCUT2D eigenvalue weighted by Crippen LogP contribution is -2.40. The van der Waals surface area contributed by atoms with Crippen LogP contribution in [0.15, 0.2) is 54.9 Å². The molecule has 224 valence electrons. The minimum atomic E-state index is -0.343. The largest absolute Gasteiger partial charge is 0.383 e. The summed E-state index contributed by atoms with van der Waals surface area (Å²) in [6, 6.07) is 12.4. The number of amides is 2. The van der Waals surface area contributed by atoms with E-state index in [4.69, 9.17) is 20.8 Å². The summed E-state index contributed by atoms with van der Waals surface area (Å²) >= 11 is 0. The van der Waals surface area contributed by atoms with E-state index >= 15 is 0 Å². The number of hydrogen-bond acceptors (Lipinski definition) is 8. The first-order chi connectivity index (χ1) is 21.4. The Hall–Kier alpha value is -5.08. The van der Waals surface area contributed by atoms with Crippen LogP contribution in [0, 0.1) is 11.3 Å². The smallest absolute Gasteiger partial charge is 0.256 e. The molecule has 4 aromatic rings.